The van der Waals surface area contributed by atoms with Gasteiger partial charge in [0.1, 0.15) is 5.82 Å². The molecule has 2 rings (SSSR count). The molecule has 0 aliphatic heterocycles. The van der Waals surface area contributed by atoms with Crippen LogP contribution in [0.4, 0.5) is 17.6 Å². The average Bonchev–Trinajstić information content (AvgIpc) is 2.37. The van der Waals surface area contributed by atoms with Crippen molar-refractivity contribution in [1.82, 2.24) is 0 Å². The third-order valence-electron chi connectivity index (χ3n) is 2.78. The molecule has 0 saturated heterocycles. The van der Waals surface area contributed by atoms with E-state index in [1.54, 1.807) is 0 Å². The molecule has 20 heavy (non-hydrogen) atoms. The van der Waals surface area contributed by atoms with Gasteiger partial charge in [0.25, 0.3) is 0 Å². The van der Waals surface area contributed by atoms with Crippen LogP contribution in [0.2, 0.25) is 0 Å². The number of halogens is 4. The minimum absolute atomic E-state index is 0.0566. The minimum Gasteiger partial charge on any atom is -0.207 e. The third-order valence-corrected chi connectivity index (χ3v) is 2.78. The molecule has 0 aromatic heterocycles. The summed E-state index contributed by atoms with van der Waals surface area (Å²) in [5.41, 5.74) is -0.463. The number of hydrogen-bond acceptors (Lipinski definition) is 1. The topological polar surface area (TPSA) is 23.8 Å². The number of hydrogen-bond donors (Lipinski definition) is 0. The van der Waals surface area contributed by atoms with Gasteiger partial charge in [-0.15, -0.1) is 0 Å². The summed E-state index contributed by atoms with van der Waals surface area (Å²) in [6, 6.07) is 10.4. The van der Waals surface area contributed by atoms with Crippen molar-refractivity contribution < 1.29 is 17.6 Å². The maximum absolute atomic E-state index is 13.5. The molecule has 0 atom stereocenters. The zero-order valence-corrected chi connectivity index (χ0v) is 10.2. The van der Waals surface area contributed by atoms with Crippen LogP contribution in [0.5, 0.6) is 0 Å². The monoisotopic (exact) mass is 279 g/mol. The maximum Gasteiger partial charge on any atom is 0.417 e. The molecule has 0 fully saturated rings. The highest BCUT2D eigenvalue weighted by Gasteiger charge is 2.33. The van der Waals surface area contributed by atoms with Crippen molar-refractivity contribution in [3.63, 3.8) is 0 Å². The highest BCUT2D eigenvalue weighted by Crippen LogP contribution is 2.37. The number of benzene rings is 2. The summed E-state index contributed by atoms with van der Waals surface area (Å²) in [4.78, 5) is 0. The van der Waals surface area contributed by atoms with Crippen molar-refractivity contribution in [3.8, 4) is 17.2 Å². The van der Waals surface area contributed by atoms with E-state index in [1.165, 1.54) is 24.3 Å². The Kier molecular flexibility index (Phi) is 3.75. The van der Waals surface area contributed by atoms with E-state index in [4.69, 9.17) is 5.26 Å². The normalized spacial score (nSPS) is 11.2. The van der Waals surface area contributed by atoms with E-state index in [0.29, 0.717) is 5.56 Å². The molecule has 0 amide bonds. The van der Waals surface area contributed by atoms with Crippen LogP contribution < -0.4 is 0 Å². The first-order chi connectivity index (χ1) is 9.41. The Hall–Kier alpha value is -2.35. The molecule has 0 N–H and O–H groups in total. The smallest absolute Gasteiger partial charge is 0.207 e. The van der Waals surface area contributed by atoms with E-state index < -0.39 is 17.6 Å². The van der Waals surface area contributed by atoms with Gasteiger partial charge >= 0.3 is 6.18 Å². The third kappa shape index (κ3) is 2.97. The van der Waals surface area contributed by atoms with Gasteiger partial charge in [-0.2, -0.15) is 18.4 Å². The second-order valence-corrected chi connectivity index (χ2v) is 4.23. The van der Waals surface area contributed by atoms with Crippen molar-refractivity contribution in [2.24, 2.45) is 0 Å². The SMILES string of the molecule is N#CCc1cc(F)cc(-c2ccccc2C(F)(F)F)c1. The molecule has 0 spiro atoms. The lowest BCUT2D eigenvalue weighted by Gasteiger charge is -2.13. The van der Waals surface area contributed by atoms with Gasteiger partial charge in [0, 0.05) is 0 Å². The van der Waals surface area contributed by atoms with Crippen LogP contribution >= 0.6 is 0 Å². The number of rotatable bonds is 2. The van der Waals surface area contributed by atoms with Crippen LogP contribution in [0.25, 0.3) is 11.1 Å². The molecule has 2 aromatic rings. The van der Waals surface area contributed by atoms with Gasteiger partial charge < -0.3 is 0 Å². The molecular formula is C15H9F4N. The first-order valence-electron chi connectivity index (χ1n) is 5.75. The lowest BCUT2D eigenvalue weighted by atomic mass is 9.97. The molecule has 0 aliphatic rings. The van der Waals surface area contributed by atoms with Crippen molar-refractivity contribution in [2.45, 2.75) is 12.6 Å². The maximum atomic E-state index is 13.5. The number of nitriles is 1. The Morgan fingerprint density at radius 1 is 1.05 bits per heavy atom. The predicted octanol–water partition coefficient (Wildman–Crippen LogP) is 4.58. The second kappa shape index (κ2) is 5.33. The van der Waals surface area contributed by atoms with E-state index in [-0.39, 0.29) is 17.5 Å². The molecule has 1 nitrogen and oxygen atoms in total. The summed E-state index contributed by atoms with van der Waals surface area (Å²) in [5.74, 6) is -0.662. The standard InChI is InChI=1S/C15H9F4N/c16-12-8-10(5-6-20)7-11(9-12)13-3-1-2-4-14(13)15(17,18)19/h1-4,7-9H,5H2. The van der Waals surface area contributed by atoms with Crippen LogP contribution in [-0.2, 0) is 12.6 Å². The van der Waals surface area contributed by atoms with Crippen molar-refractivity contribution in [1.29, 1.82) is 5.26 Å². The van der Waals surface area contributed by atoms with E-state index in [0.717, 1.165) is 18.2 Å². The quantitative estimate of drug-likeness (QED) is 0.738. The Morgan fingerprint density at radius 2 is 1.75 bits per heavy atom. The summed E-state index contributed by atoms with van der Waals surface area (Å²) < 4.78 is 52.3. The Labute approximate surface area is 113 Å². The Balaban J connectivity index is 2.61. The molecule has 0 radical (unpaired) electrons. The van der Waals surface area contributed by atoms with Crippen LogP contribution in [0, 0.1) is 17.1 Å². The van der Waals surface area contributed by atoms with Crippen molar-refractivity contribution >= 4 is 0 Å². The van der Waals surface area contributed by atoms with Crippen LogP contribution in [0.15, 0.2) is 42.5 Å². The van der Waals surface area contributed by atoms with Crippen molar-refractivity contribution in [2.75, 3.05) is 0 Å². The Bertz CT molecular complexity index is 668. The molecule has 0 bridgehead atoms. The molecule has 2 aromatic carbocycles. The van der Waals surface area contributed by atoms with E-state index in [2.05, 4.69) is 0 Å². The molecular weight excluding hydrogens is 270 g/mol. The molecule has 5 heteroatoms. The average molecular weight is 279 g/mol. The highest BCUT2D eigenvalue weighted by atomic mass is 19.4. The first-order valence-corrected chi connectivity index (χ1v) is 5.75. The summed E-state index contributed by atoms with van der Waals surface area (Å²) in [6.45, 7) is 0. The summed E-state index contributed by atoms with van der Waals surface area (Å²) in [7, 11) is 0. The summed E-state index contributed by atoms with van der Waals surface area (Å²) in [5, 5.41) is 8.60. The van der Waals surface area contributed by atoms with Crippen molar-refractivity contribution in [3.05, 3.63) is 59.4 Å². The van der Waals surface area contributed by atoms with E-state index in [1.807, 2.05) is 6.07 Å². The highest BCUT2D eigenvalue weighted by molar-refractivity contribution is 5.68. The van der Waals surface area contributed by atoms with Gasteiger partial charge in [-0.1, -0.05) is 18.2 Å². The summed E-state index contributed by atoms with van der Waals surface area (Å²) in [6.07, 6.45) is -4.57. The van der Waals surface area contributed by atoms with Gasteiger partial charge in [-0.05, 0) is 41.0 Å². The zero-order valence-electron chi connectivity index (χ0n) is 10.2. The van der Waals surface area contributed by atoms with Gasteiger partial charge in [0.15, 0.2) is 0 Å². The minimum atomic E-state index is -4.52. The first kappa shape index (κ1) is 14.1. The Morgan fingerprint density at radius 3 is 2.40 bits per heavy atom. The number of alkyl halides is 3. The lowest BCUT2D eigenvalue weighted by Crippen LogP contribution is -2.07. The summed E-state index contributed by atoms with van der Waals surface area (Å²) >= 11 is 0. The lowest BCUT2D eigenvalue weighted by molar-refractivity contribution is -0.137. The van der Waals surface area contributed by atoms with Gasteiger partial charge in [-0.3, -0.25) is 0 Å². The fourth-order valence-electron chi connectivity index (χ4n) is 1.98. The van der Waals surface area contributed by atoms with E-state index in [9.17, 15) is 17.6 Å². The fourth-order valence-corrected chi connectivity index (χ4v) is 1.98. The molecule has 0 aliphatic carbocycles. The second-order valence-electron chi connectivity index (χ2n) is 4.23. The predicted molar refractivity (Wildman–Crippen MR) is 66.2 cm³/mol. The number of nitrogens with zero attached hydrogens (tertiary/aromatic N) is 1. The fraction of sp³-hybridized carbons (Fsp3) is 0.133. The van der Waals surface area contributed by atoms with E-state index >= 15 is 0 Å². The largest absolute Gasteiger partial charge is 0.417 e. The van der Waals surface area contributed by atoms with Gasteiger partial charge in [0.05, 0.1) is 18.1 Å². The zero-order chi connectivity index (χ0) is 14.8. The van der Waals surface area contributed by atoms with Gasteiger partial charge in [-0.25, -0.2) is 4.39 Å². The van der Waals surface area contributed by atoms with Crippen LogP contribution in [-0.4, -0.2) is 0 Å². The molecule has 0 saturated carbocycles. The van der Waals surface area contributed by atoms with Gasteiger partial charge in [0.2, 0.25) is 0 Å². The van der Waals surface area contributed by atoms with Crippen LogP contribution in [0.1, 0.15) is 11.1 Å². The molecule has 0 heterocycles. The molecule has 102 valence electrons. The van der Waals surface area contributed by atoms with Crippen LogP contribution in [0.3, 0.4) is 0 Å². The molecule has 0 unspecified atom stereocenters.